The van der Waals surface area contributed by atoms with Gasteiger partial charge in [-0.15, -0.1) is 0 Å². The molecule has 1 aromatic rings. The van der Waals surface area contributed by atoms with Crippen molar-refractivity contribution in [3.63, 3.8) is 0 Å². The summed E-state index contributed by atoms with van der Waals surface area (Å²) < 4.78 is 16.4. The number of aromatic hydroxyl groups is 3. The number of carbonyl (C=O) groups excluding carboxylic acids is 2. The van der Waals surface area contributed by atoms with Gasteiger partial charge in [0.2, 0.25) is 0 Å². The minimum absolute atomic E-state index is 0.00760. The van der Waals surface area contributed by atoms with Gasteiger partial charge in [-0.1, -0.05) is 31.6 Å². The molecule has 204 valence electrons. The van der Waals surface area contributed by atoms with E-state index in [2.05, 4.69) is 0 Å². The normalized spacial score (nSPS) is 30.7. The Bertz CT molecular complexity index is 1050. The van der Waals surface area contributed by atoms with Gasteiger partial charge in [-0.2, -0.15) is 0 Å². The van der Waals surface area contributed by atoms with Crippen molar-refractivity contribution in [3.8, 4) is 17.2 Å². The second-order valence-electron chi connectivity index (χ2n) is 10.2. The summed E-state index contributed by atoms with van der Waals surface area (Å²) >= 11 is 0. The van der Waals surface area contributed by atoms with E-state index in [4.69, 9.17) is 14.2 Å². The van der Waals surface area contributed by atoms with Crippen molar-refractivity contribution in [1.82, 2.24) is 0 Å². The quantitative estimate of drug-likeness (QED) is 0.172. The maximum absolute atomic E-state index is 12.3. The van der Waals surface area contributed by atoms with Crippen molar-refractivity contribution < 1.29 is 54.4 Å². The smallest absolute Gasteiger partial charge is 0.338 e. The number of benzene rings is 1. The zero-order valence-electron chi connectivity index (χ0n) is 21.1. The summed E-state index contributed by atoms with van der Waals surface area (Å²) in [6, 6.07) is 1.77. The van der Waals surface area contributed by atoms with Crippen LogP contribution in [0.4, 0.5) is 0 Å². The Hall–Kier alpha value is -2.96. The molecule has 1 heterocycles. The van der Waals surface area contributed by atoms with E-state index < -0.39 is 66.6 Å². The van der Waals surface area contributed by atoms with Crippen LogP contribution in [0.5, 0.6) is 17.2 Å². The summed E-state index contributed by atoms with van der Waals surface area (Å²) in [4.78, 5) is 24.2. The maximum Gasteiger partial charge on any atom is 0.338 e. The van der Waals surface area contributed by atoms with Gasteiger partial charge in [-0.05, 0) is 37.5 Å². The first-order chi connectivity index (χ1) is 17.2. The molecular formula is C26H34O11. The molecule has 1 aliphatic carbocycles. The van der Waals surface area contributed by atoms with Crippen LogP contribution in [0, 0.1) is 11.3 Å². The van der Waals surface area contributed by atoms with Gasteiger partial charge in [0.25, 0.3) is 0 Å². The third-order valence-electron chi connectivity index (χ3n) is 6.63. The first kappa shape index (κ1) is 28.6. The molecule has 0 radical (unpaired) electrons. The molecule has 1 aliphatic heterocycles. The van der Waals surface area contributed by atoms with Crippen LogP contribution in [-0.4, -0.2) is 85.8 Å². The molecule has 2 aliphatic rings. The molecule has 0 amide bonds. The van der Waals surface area contributed by atoms with E-state index in [1.807, 2.05) is 26.8 Å². The highest BCUT2D eigenvalue weighted by atomic mass is 16.7. The van der Waals surface area contributed by atoms with Crippen molar-refractivity contribution in [2.45, 2.75) is 70.9 Å². The summed E-state index contributed by atoms with van der Waals surface area (Å²) in [7, 11) is 0. The van der Waals surface area contributed by atoms with Crippen LogP contribution in [0.25, 0.3) is 0 Å². The number of aliphatic hydroxyl groups is 3. The minimum Gasteiger partial charge on any atom is -0.504 e. The van der Waals surface area contributed by atoms with Gasteiger partial charge < -0.3 is 44.8 Å². The summed E-state index contributed by atoms with van der Waals surface area (Å²) in [5, 5.41) is 59.5. The Labute approximate surface area is 214 Å². The van der Waals surface area contributed by atoms with E-state index in [1.54, 1.807) is 19.1 Å². The third kappa shape index (κ3) is 6.49. The Morgan fingerprint density at radius 3 is 2.35 bits per heavy atom. The SMILES string of the molecule is CC1=CC(=O)CC(C)(C)[C@H]1/C=C/[C@@H](C)O[C@H]1O[C@@H](COC(=O)c2cc(O)c(O)c(O)c2)[C@H](O)[C@@H](O)[C@@H]1O. The number of allylic oxidation sites excluding steroid dienone is 3. The van der Waals surface area contributed by atoms with Crippen LogP contribution < -0.4 is 0 Å². The molecule has 1 fully saturated rings. The minimum atomic E-state index is -1.66. The molecule has 11 heteroatoms. The summed E-state index contributed by atoms with van der Waals surface area (Å²) in [5.41, 5.74) is 0.365. The molecule has 3 rings (SSSR count). The number of aliphatic hydroxyl groups excluding tert-OH is 3. The molecule has 37 heavy (non-hydrogen) atoms. The van der Waals surface area contributed by atoms with E-state index in [0.29, 0.717) is 6.42 Å². The van der Waals surface area contributed by atoms with Gasteiger partial charge in [0.1, 0.15) is 31.0 Å². The lowest BCUT2D eigenvalue weighted by Crippen LogP contribution is -2.59. The second kappa shape index (κ2) is 11.2. The average Bonchev–Trinajstić information content (AvgIpc) is 2.80. The lowest BCUT2D eigenvalue weighted by molar-refractivity contribution is -0.306. The predicted octanol–water partition coefficient (Wildman–Crippen LogP) is 1.29. The number of esters is 1. The molecule has 0 saturated carbocycles. The molecule has 11 nitrogen and oxygen atoms in total. The van der Waals surface area contributed by atoms with Crippen LogP contribution in [0.15, 0.2) is 35.9 Å². The number of ether oxygens (including phenoxy) is 3. The third-order valence-corrected chi connectivity index (χ3v) is 6.63. The number of rotatable bonds is 7. The molecule has 1 saturated heterocycles. The lowest BCUT2D eigenvalue weighted by Gasteiger charge is -2.40. The number of carbonyl (C=O) groups is 2. The first-order valence-corrected chi connectivity index (χ1v) is 11.9. The molecular weight excluding hydrogens is 488 g/mol. The van der Waals surface area contributed by atoms with Crippen LogP contribution in [0.1, 0.15) is 44.5 Å². The van der Waals surface area contributed by atoms with Crippen LogP contribution >= 0.6 is 0 Å². The van der Waals surface area contributed by atoms with Gasteiger partial charge in [-0.3, -0.25) is 4.79 Å². The Morgan fingerprint density at radius 1 is 1.14 bits per heavy atom. The molecule has 0 spiro atoms. The fourth-order valence-corrected chi connectivity index (χ4v) is 4.64. The first-order valence-electron chi connectivity index (χ1n) is 11.9. The zero-order valence-corrected chi connectivity index (χ0v) is 21.1. The molecule has 7 atom stereocenters. The van der Waals surface area contributed by atoms with E-state index in [9.17, 15) is 40.2 Å². The lowest BCUT2D eigenvalue weighted by atomic mass is 9.68. The van der Waals surface area contributed by atoms with Crippen LogP contribution in [0.3, 0.4) is 0 Å². The Morgan fingerprint density at radius 2 is 1.76 bits per heavy atom. The van der Waals surface area contributed by atoms with E-state index >= 15 is 0 Å². The van der Waals surface area contributed by atoms with Gasteiger partial charge in [0.15, 0.2) is 29.3 Å². The fraction of sp³-hybridized carbons (Fsp3) is 0.538. The van der Waals surface area contributed by atoms with Gasteiger partial charge in [0, 0.05) is 12.3 Å². The predicted molar refractivity (Wildman–Crippen MR) is 129 cm³/mol. The largest absolute Gasteiger partial charge is 0.504 e. The van der Waals surface area contributed by atoms with Crippen molar-refractivity contribution in [3.05, 3.63) is 41.5 Å². The number of phenolic OH excluding ortho intramolecular Hbond substituents is 3. The van der Waals surface area contributed by atoms with Crippen LogP contribution in [-0.2, 0) is 19.0 Å². The molecule has 0 bridgehead atoms. The van der Waals surface area contributed by atoms with Crippen molar-refractivity contribution in [2.24, 2.45) is 11.3 Å². The van der Waals surface area contributed by atoms with E-state index in [-0.39, 0.29) is 22.7 Å². The molecule has 0 aromatic heterocycles. The van der Waals surface area contributed by atoms with Crippen LogP contribution in [0.2, 0.25) is 0 Å². The monoisotopic (exact) mass is 522 g/mol. The van der Waals surface area contributed by atoms with Crippen molar-refractivity contribution in [2.75, 3.05) is 6.61 Å². The summed E-state index contributed by atoms with van der Waals surface area (Å²) in [6.45, 7) is 7.03. The number of hydrogen-bond donors (Lipinski definition) is 6. The molecule has 0 unspecified atom stereocenters. The average molecular weight is 523 g/mol. The highest BCUT2D eigenvalue weighted by molar-refractivity contribution is 5.92. The summed E-state index contributed by atoms with van der Waals surface area (Å²) in [5.74, 6) is -3.20. The molecule has 6 N–H and O–H groups in total. The van der Waals surface area contributed by atoms with E-state index in [1.165, 1.54) is 0 Å². The highest BCUT2D eigenvalue weighted by Gasteiger charge is 2.45. The Kier molecular flexibility index (Phi) is 8.66. The highest BCUT2D eigenvalue weighted by Crippen LogP contribution is 2.40. The van der Waals surface area contributed by atoms with Gasteiger partial charge in [0.05, 0.1) is 11.7 Å². The van der Waals surface area contributed by atoms with Crippen molar-refractivity contribution in [1.29, 1.82) is 0 Å². The maximum atomic E-state index is 12.3. The Balaban J connectivity index is 1.64. The van der Waals surface area contributed by atoms with Crippen molar-refractivity contribution >= 4 is 11.8 Å². The second-order valence-corrected chi connectivity index (χ2v) is 10.2. The zero-order chi connectivity index (χ0) is 27.7. The van der Waals surface area contributed by atoms with Gasteiger partial charge >= 0.3 is 5.97 Å². The number of hydrogen-bond acceptors (Lipinski definition) is 11. The van der Waals surface area contributed by atoms with Gasteiger partial charge in [-0.25, -0.2) is 4.79 Å². The molecule has 1 aromatic carbocycles. The topological polar surface area (TPSA) is 183 Å². The number of ketones is 1. The van der Waals surface area contributed by atoms with E-state index in [0.717, 1.165) is 17.7 Å². The number of phenols is 3. The standard InChI is InChI=1S/C26H34O11/c1-12-7-15(27)10-26(3,4)16(12)6-5-13(2)36-25-23(33)22(32)21(31)19(37-25)11-35-24(34)14-8-17(28)20(30)18(29)9-14/h5-9,13,16,19,21-23,25,28-33H,10-11H2,1-4H3/b6-5+/t13-,16+,19+,21+,22-,23+,25+/m1/s1. The summed E-state index contributed by atoms with van der Waals surface area (Å²) in [6.07, 6.45) is -2.35. The fourth-order valence-electron chi connectivity index (χ4n) is 4.64.